The van der Waals surface area contributed by atoms with Gasteiger partial charge in [-0.25, -0.2) is 4.85 Å². The summed E-state index contributed by atoms with van der Waals surface area (Å²) in [6.45, 7) is 10.3. The molecule has 0 bridgehead atoms. The molecule has 0 saturated carbocycles. The normalized spacial score (nSPS) is 7.50. The van der Waals surface area contributed by atoms with Crippen LogP contribution in [0.15, 0.2) is 24.3 Å². The Balaban J connectivity index is 0.000000810. The largest absolute Gasteiger partial charge is 1.00 e. The first kappa shape index (κ1) is 10.4. The van der Waals surface area contributed by atoms with Crippen LogP contribution in [-0.2, 0) is 0 Å². The molecule has 0 aliphatic carbocycles. The molecule has 0 atom stereocenters. The fourth-order valence-electron chi connectivity index (χ4n) is 0.620. The zero-order valence-corrected chi connectivity index (χ0v) is 10.9. The average Bonchev–Trinajstić information content (AvgIpc) is 1.89. The van der Waals surface area contributed by atoms with E-state index in [-0.39, 0.29) is 58.2 Å². The third kappa shape index (κ3) is 2.55. The van der Waals surface area contributed by atoms with Gasteiger partial charge in [0, 0.05) is 0 Å². The van der Waals surface area contributed by atoms with E-state index >= 15 is 0 Å². The van der Waals surface area contributed by atoms with E-state index in [1.54, 1.807) is 6.07 Å². The minimum atomic E-state index is 0. The van der Waals surface area contributed by atoms with Crippen molar-refractivity contribution in [2.75, 3.05) is 0 Å². The summed E-state index contributed by atoms with van der Waals surface area (Å²) in [5.41, 5.74) is 1.44. The fourth-order valence-corrected chi connectivity index (χ4v) is 0.620. The number of para-hydroxylation sites is 1. The first-order chi connectivity index (χ1) is 4.34. The number of benzene rings is 1. The second-order valence-electron chi connectivity index (χ2n) is 1.74. The Hall–Kier alpha value is 0.385. The van der Waals surface area contributed by atoms with E-state index < -0.39 is 0 Å². The molecule has 0 aliphatic rings. The molecule has 0 N–H and O–H groups in total. The smallest absolute Gasteiger partial charge is 0.210 e. The number of hydrogen-bond acceptors (Lipinski definition) is 0. The molecule has 0 aliphatic heterocycles. The van der Waals surface area contributed by atoms with E-state index in [2.05, 4.69) is 11.8 Å². The molecule has 2 heteroatoms. The molecule has 0 radical (unpaired) electrons. The van der Waals surface area contributed by atoms with Crippen molar-refractivity contribution in [1.82, 2.24) is 0 Å². The van der Waals surface area contributed by atoms with Crippen molar-refractivity contribution in [2.24, 2.45) is 0 Å². The van der Waals surface area contributed by atoms with Gasteiger partial charge < -0.3 is 0 Å². The van der Waals surface area contributed by atoms with Gasteiger partial charge in [0.2, 0.25) is 5.69 Å². The topological polar surface area (TPSA) is 4.36 Å². The van der Waals surface area contributed by atoms with Crippen molar-refractivity contribution < 1.29 is 58.2 Å². The summed E-state index contributed by atoms with van der Waals surface area (Å²) in [5, 5.41) is 0. The Morgan fingerprint density at radius 2 is 1.90 bits per heavy atom. The number of nitrogens with zero attached hydrogens (tertiary/aromatic N) is 1. The summed E-state index contributed by atoms with van der Waals surface area (Å²) in [4.78, 5) is 3.26. The number of rotatable bonds is 0. The predicted octanol–water partition coefficient (Wildman–Crippen LogP) is -0.576. The average molecular weight is 202 g/mol. The summed E-state index contributed by atoms with van der Waals surface area (Å²) in [7, 11) is 0. The van der Waals surface area contributed by atoms with Gasteiger partial charge in [0.1, 0.15) is 6.57 Å². The number of hydrogen-bond donors (Lipinski definition) is 0. The van der Waals surface area contributed by atoms with Gasteiger partial charge in [0.25, 0.3) is 0 Å². The Morgan fingerprint density at radius 1 is 1.30 bits per heavy atom. The Kier molecular flexibility index (Phi) is 5.29. The first-order valence-corrected chi connectivity index (χ1v) is 2.63. The summed E-state index contributed by atoms with van der Waals surface area (Å²) < 4.78 is 0. The second-order valence-corrected chi connectivity index (χ2v) is 1.74. The molecule has 0 heterocycles. The van der Waals surface area contributed by atoms with Gasteiger partial charge in [-0.3, -0.25) is 0 Å². The molecular formula is C8H6NRb. The van der Waals surface area contributed by atoms with Crippen LogP contribution in [-0.4, -0.2) is 0 Å². The molecule has 0 saturated heterocycles. The van der Waals surface area contributed by atoms with Crippen LogP contribution in [0.3, 0.4) is 0 Å². The maximum Gasteiger partial charge on any atom is 1.00 e. The standard InChI is InChI=1S/C8H6N.Rb/c1-7-5-3-4-6-8(7)9-2;/h3-6H,1H2;/q-1;+1. The van der Waals surface area contributed by atoms with E-state index in [0.717, 1.165) is 5.56 Å². The predicted molar refractivity (Wildman–Crippen MR) is 37.2 cm³/mol. The molecule has 44 valence electrons. The fraction of sp³-hybridized carbons (Fsp3) is 0. The van der Waals surface area contributed by atoms with Gasteiger partial charge in [-0.2, -0.15) is 13.0 Å². The van der Waals surface area contributed by atoms with Crippen molar-refractivity contribution in [3.05, 3.63) is 48.2 Å². The van der Waals surface area contributed by atoms with Crippen molar-refractivity contribution in [1.29, 1.82) is 0 Å². The van der Waals surface area contributed by atoms with Crippen LogP contribution in [0, 0.1) is 13.5 Å². The molecule has 1 aromatic rings. The SMILES string of the molecule is [C-]#[N+]c1ccccc1[CH2-].[Rb+]. The maximum absolute atomic E-state index is 6.67. The van der Waals surface area contributed by atoms with Gasteiger partial charge >= 0.3 is 58.2 Å². The van der Waals surface area contributed by atoms with Crippen molar-refractivity contribution in [3.8, 4) is 0 Å². The van der Waals surface area contributed by atoms with Crippen molar-refractivity contribution in [2.45, 2.75) is 0 Å². The van der Waals surface area contributed by atoms with Crippen LogP contribution < -0.4 is 58.2 Å². The molecule has 0 aromatic heterocycles. The molecule has 1 rings (SSSR count). The molecule has 0 unspecified atom stereocenters. The van der Waals surface area contributed by atoms with Crippen LogP contribution in [0.4, 0.5) is 5.69 Å². The van der Waals surface area contributed by atoms with Crippen LogP contribution >= 0.6 is 0 Å². The zero-order chi connectivity index (χ0) is 6.69. The molecule has 1 nitrogen and oxygen atoms in total. The zero-order valence-electron chi connectivity index (χ0n) is 5.96. The molecule has 0 spiro atoms. The van der Waals surface area contributed by atoms with Gasteiger partial charge in [-0.1, -0.05) is 6.07 Å². The van der Waals surface area contributed by atoms with Crippen molar-refractivity contribution in [3.63, 3.8) is 0 Å². The molecule has 0 amide bonds. The van der Waals surface area contributed by atoms with Gasteiger partial charge in [0.05, 0.1) is 0 Å². The van der Waals surface area contributed by atoms with E-state index in [4.69, 9.17) is 6.57 Å². The molecular weight excluding hydrogens is 196 g/mol. The summed E-state index contributed by atoms with van der Waals surface area (Å²) in [5.74, 6) is 0. The molecule has 0 fully saturated rings. The van der Waals surface area contributed by atoms with Crippen LogP contribution in [0.1, 0.15) is 5.56 Å². The first-order valence-electron chi connectivity index (χ1n) is 2.63. The van der Waals surface area contributed by atoms with Crippen molar-refractivity contribution >= 4 is 5.69 Å². The minimum absolute atomic E-state index is 0. The Morgan fingerprint density at radius 3 is 2.30 bits per heavy atom. The summed E-state index contributed by atoms with van der Waals surface area (Å²) in [6, 6.07) is 7.29. The van der Waals surface area contributed by atoms with E-state index in [9.17, 15) is 0 Å². The van der Waals surface area contributed by atoms with Gasteiger partial charge in [-0.15, -0.1) is 11.6 Å². The van der Waals surface area contributed by atoms with E-state index in [0.29, 0.717) is 5.69 Å². The van der Waals surface area contributed by atoms with Crippen LogP contribution in [0.25, 0.3) is 4.85 Å². The quantitative estimate of drug-likeness (QED) is 0.495. The Bertz CT molecular complexity index is 250. The minimum Gasteiger partial charge on any atom is -0.210 e. The van der Waals surface area contributed by atoms with Crippen LogP contribution in [0.2, 0.25) is 0 Å². The maximum atomic E-state index is 6.67. The molecule has 10 heavy (non-hydrogen) atoms. The van der Waals surface area contributed by atoms with E-state index in [1.807, 2.05) is 18.2 Å². The second kappa shape index (κ2) is 5.09. The summed E-state index contributed by atoms with van der Waals surface area (Å²) >= 11 is 0. The van der Waals surface area contributed by atoms with Gasteiger partial charge in [0.15, 0.2) is 0 Å². The third-order valence-corrected chi connectivity index (χ3v) is 1.11. The van der Waals surface area contributed by atoms with Gasteiger partial charge in [-0.05, 0) is 6.07 Å². The van der Waals surface area contributed by atoms with Crippen LogP contribution in [0.5, 0.6) is 0 Å². The third-order valence-electron chi connectivity index (χ3n) is 1.11. The molecule has 1 aromatic carbocycles. The monoisotopic (exact) mass is 201 g/mol. The Labute approximate surface area is 110 Å². The van der Waals surface area contributed by atoms with E-state index in [1.165, 1.54) is 0 Å². The summed E-state index contributed by atoms with van der Waals surface area (Å²) in [6.07, 6.45) is 0.